The van der Waals surface area contributed by atoms with Gasteiger partial charge in [-0.3, -0.25) is 10.1 Å². The van der Waals surface area contributed by atoms with Gasteiger partial charge in [-0.05, 0) is 20.8 Å². The summed E-state index contributed by atoms with van der Waals surface area (Å²) in [5.74, 6) is -1.36. The second-order valence-corrected chi connectivity index (χ2v) is 5.57. The predicted octanol–water partition coefficient (Wildman–Crippen LogP) is 0.788. The van der Waals surface area contributed by atoms with Crippen molar-refractivity contribution in [1.82, 2.24) is 14.7 Å². The summed E-state index contributed by atoms with van der Waals surface area (Å²) >= 11 is 0.828. The summed E-state index contributed by atoms with van der Waals surface area (Å²) in [7, 11) is 1.20. The number of hydrogen-bond donors (Lipinski definition) is 2. The average molecular weight is 316 g/mol. The number of amides is 2. The molecule has 2 N–H and O–H groups in total. The molecular formula is C11H16N4O5S. The van der Waals surface area contributed by atoms with Crippen LogP contribution in [0, 0.1) is 0 Å². The summed E-state index contributed by atoms with van der Waals surface area (Å²) < 4.78 is 13.1. The van der Waals surface area contributed by atoms with E-state index in [-0.39, 0.29) is 17.5 Å². The Morgan fingerprint density at radius 2 is 1.95 bits per heavy atom. The first-order chi connectivity index (χ1) is 9.71. The zero-order chi connectivity index (χ0) is 16.0. The molecule has 21 heavy (non-hydrogen) atoms. The summed E-state index contributed by atoms with van der Waals surface area (Å²) in [6.07, 6.45) is -0.704. The fourth-order valence-corrected chi connectivity index (χ4v) is 1.65. The lowest BCUT2D eigenvalue weighted by Crippen LogP contribution is -2.37. The van der Waals surface area contributed by atoms with Crippen LogP contribution in [0.4, 0.5) is 9.93 Å². The first kappa shape index (κ1) is 16.8. The SMILES string of the molecule is COC(=O)c1nsc(NC(=O)CNC(=O)OC(C)(C)C)n1. The molecule has 1 rings (SSSR count). The van der Waals surface area contributed by atoms with Crippen molar-refractivity contribution in [3.8, 4) is 0 Å². The van der Waals surface area contributed by atoms with Gasteiger partial charge >= 0.3 is 12.1 Å². The Hall–Kier alpha value is -2.23. The van der Waals surface area contributed by atoms with E-state index in [0.717, 1.165) is 11.5 Å². The molecule has 1 heterocycles. The predicted molar refractivity (Wildman–Crippen MR) is 74.1 cm³/mol. The lowest BCUT2D eigenvalue weighted by atomic mass is 10.2. The normalized spacial score (nSPS) is 10.7. The molecule has 116 valence electrons. The van der Waals surface area contributed by atoms with Gasteiger partial charge in [-0.15, -0.1) is 0 Å². The molecule has 0 aliphatic heterocycles. The highest BCUT2D eigenvalue weighted by Gasteiger charge is 2.18. The number of hydrogen-bond acceptors (Lipinski definition) is 8. The monoisotopic (exact) mass is 316 g/mol. The molecular weight excluding hydrogens is 300 g/mol. The van der Waals surface area contributed by atoms with Crippen LogP contribution in [0.2, 0.25) is 0 Å². The minimum Gasteiger partial charge on any atom is -0.463 e. The maximum Gasteiger partial charge on any atom is 0.408 e. The fraction of sp³-hybridized carbons (Fsp3) is 0.545. The van der Waals surface area contributed by atoms with E-state index in [1.807, 2.05) is 0 Å². The number of nitrogens with zero attached hydrogens (tertiary/aromatic N) is 2. The highest BCUT2D eigenvalue weighted by Crippen LogP contribution is 2.11. The second-order valence-electron chi connectivity index (χ2n) is 4.82. The van der Waals surface area contributed by atoms with Crippen LogP contribution in [0.3, 0.4) is 0 Å². The Kier molecular flexibility index (Phi) is 5.59. The highest BCUT2D eigenvalue weighted by atomic mass is 32.1. The van der Waals surface area contributed by atoms with E-state index in [1.165, 1.54) is 7.11 Å². The molecule has 0 aliphatic rings. The maximum atomic E-state index is 11.6. The van der Waals surface area contributed by atoms with Crippen molar-refractivity contribution in [3.63, 3.8) is 0 Å². The van der Waals surface area contributed by atoms with Crippen molar-refractivity contribution in [2.75, 3.05) is 19.0 Å². The molecule has 0 bridgehead atoms. The lowest BCUT2D eigenvalue weighted by molar-refractivity contribution is -0.115. The summed E-state index contributed by atoms with van der Waals surface area (Å²) in [6.45, 7) is 4.84. The van der Waals surface area contributed by atoms with E-state index in [2.05, 4.69) is 24.7 Å². The van der Waals surface area contributed by atoms with Crippen molar-refractivity contribution in [3.05, 3.63) is 5.82 Å². The molecule has 0 aromatic carbocycles. The smallest absolute Gasteiger partial charge is 0.408 e. The number of alkyl carbamates (subject to hydrolysis) is 1. The van der Waals surface area contributed by atoms with E-state index in [4.69, 9.17) is 4.74 Å². The van der Waals surface area contributed by atoms with Crippen molar-refractivity contribution in [2.24, 2.45) is 0 Å². The molecule has 0 atom stereocenters. The van der Waals surface area contributed by atoms with Gasteiger partial charge in [0.2, 0.25) is 11.0 Å². The van der Waals surface area contributed by atoms with Gasteiger partial charge in [0.25, 0.3) is 5.82 Å². The standard InChI is InChI=1S/C11H16N4O5S/c1-11(2,3)20-10(18)12-5-6(16)13-9-14-7(15-21-9)8(17)19-4/h5H2,1-4H3,(H,12,18)(H,13,14,15,16). The molecule has 0 fully saturated rings. The molecule has 0 radical (unpaired) electrons. The first-order valence-electron chi connectivity index (χ1n) is 5.90. The molecule has 10 heteroatoms. The molecule has 2 amide bonds. The third kappa shape index (κ3) is 6.17. The van der Waals surface area contributed by atoms with Crippen LogP contribution in [0.25, 0.3) is 0 Å². The summed E-state index contributed by atoms with van der Waals surface area (Å²) in [6, 6.07) is 0. The first-order valence-corrected chi connectivity index (χ1v) is 6.67. The summed E-state index contributed by atoms with van der Waals surface area (Å²) in [5.41, 5.74) is -0.644. The fourth-order valence-electron chi connectivity index (χ4n) is 1.08. The zero-order valence-electron chi connectivity index (χ0n) is 12.1. The van der Waals surface area contributed by atoms with Gasteiger partial charge in [0.05, 0.1) is 7.11 Å². The Balaban J connectivity index is 2.42. The highest BCUT2D eigenvalue weighted by molar-refractivity contribution is 7.10. The maximum absolute atomic E-state index is 11.6. The van der Waals surface area contributed by atoms with Gasteiger partial charge in [0, 0.05) is 11.5 Å². The van der Waals surface area contributed by atoms with E-state index < -0.39 is 23.6 Å². The molecule has 0 saturated carbocycles. The molecule has 0 saturated heterocycles. The van der Waals surface area contributed by atoms with E-state index >= 15 is 0 Å². The molecule has 0 spiro atoms. The van der Waals surface area contributed by atoms with Crippen molar-refractivity contribution in [2.45, 2.75) is 26.4 Å². The number of anilines is 1. The lowest BCUT2D eigenvalue weighted by Gasteiger charge is -2.19. The number of carbonyl (C=O) groups is 3. The van der Waals surface area contributed by atoms with Gasteiger partial charge in [0.1, 0.15) is 12.1 Å². The number of aromatic nitrogens is 2. The minimum atomic E-state index is -0.704. The van der Waals surface area contributed by atoms with Crippen molar-refractivity contribution < 1.29 is 23.9 Å². The van der Waals surface area contributed by atoms with E-state index in [0.29, 0.717) is 0 Å². The molecule has 1 aromatic heterocycles. The Morgan fingerprint density at radius 1 is 1.29 bits per heavy atom. The number of rotatable bonds is 4. The summed E-state index contributed by atoms with van der Waals surface area (Å²) in [4.78, 5) is 37.8. The second kappa shape index (κ2) is 6.97. The third-order valence-electron chi connectivity index (χ3n) is 1.83. The van der Waals surface area contributed by atoms with Crippen LogP contribution in [0.15, 0.2) is 0 Å². The zero-order valence-corrected chi connectivity index (χ0v) is 12.9. The summed E-state index contributed by atoms with van der Waals surface area (Å²) in [5, 5.41) is 4.81. The number of methoxy groups -OCH3 is 1. The largest absolute Gasteiger partial charge is 0.463 e. The number of carbonyl (C=O) groups excluding carboxylic acids is 3. The number of ether oxygens (including phenoxy) is 2. The third-order valence-corrected chi connectivity index (χ3v) is 2.46. The van der Waals surface area contributed by atoms with Gasteiger partial charge in [-0.2, -0.15) is 9.36 Å². The molecule has 9 nitrogen and oxygen atoms in total. The van der Waals surface area contributed by atoms with Crippen LogP contribution in [0.1, 0.15) is 31.4 Å². The minimum absolute atomic E-state index is 0.131. The molecule has 0 aliphatic carbocycles. The van der Waals surface area contributed by atoms with E-state index in [9.17, 15) is 14.4 Å². The number of nitrogens with one attached hydrogen (secondary N) is 2. The van der Waals surface area contributed by atoms with Gasteiger partial charge in [-0.25, -0.2) is 9.59 Å². The van der Waals surface area contributed by atoms with Gasteiger partial charge in [-0.1, -0.05) is 0 Å². The van der Waals surface area contributed by atoms with Gasteiger partial charge < -0.3 is 14.8 Å². The Bertz CT molecular complexity index is 537. The van der Waals surface area contributed by atoms with Crippen LogP contribution in [-0.2, 0) is 14.3 Å². The quantitative estimate of drug-likeness (QED) is 0.788. The Morgan fingerprint density at radius 3 is 2.52 bits per heavy atom. The van der Waals surface area contributed by atoms with Crippen LogP contribution in [-0.4, -0.2) is 46.6 Å². The molecule has 1 aromatic rings. The number of esters is 1. The molecule has 0 unspecified atom stereocenters. The van der Waals surface area contributed by atoms with Crippen molar-refractivity contribution in [1.29, 1.82) is 0 Å². The average Bonchev–Trinajstić information content (AvgIpc) is 2.82. The van der Waals surface area contributed by atoms with Crippen LogP contribution < -0.4 is 10.6 Å². The van der Waals surface area contributed by atoms with E-state index in [1.54, 1.807) is 20.8 Å². The van der Waals surface area contributed by atoms with Crippen LogP contribution in [0.5, 0.6) is 0 Å². The van der Waals surface area contributed by atoms with Crippen molar-refractivity contribution >= 4 is 34.6 Å². The van der Waals surface area contributed by atoms with Gasteiger partial charge in [0.15, 0.2) is 0 Å². The van der Waals surface area contributed by atoms with Crippen LogP contribution >= 0.6 is 11.5 Å². The topological polar surface area (TPSA) is 120 Å². The Labute approximate surface area is 125 Å².